The van der Waals surface area contributed by atoms with E-state index in [1.165, 1.54) is 5.57 Å². The van der Waals surface area contributed by atoms with E-state index in [1.54, 1.807) is 0 Å². The Morgan fingerprint density at radius 2 is 1.28 bits per heavy atom. The first kappa shape index (κ1) is 51.3. The molecule has 19 heteroatoms. The molecule has 5 aliphatic carbocycles. The van der Waals surface area contributed by atoms with Crippen LogP contribution in [0.1, 0.15) is 106 Å². The maximum absolute atomic E-state index is 13.8. The fourth-order valence-corrected chi connectivity index (χ4v) is 14.8. The summed E-state index contributed by atoms with van der Waals surface area (Å²) in [6.45, 7) is 13.7. The summed E-state index contributed by atoms with van der Waals surface area (Å²) in [5, 5.41) is 106. The number of Topliss-reactive ketones (excluding diaryl/α,β-unsaturated/α-hetero) is 1. The number of carbonyl (C=O) groups is 3. The van der Waals surface area contributed by atoms with Crippen LogP contribution in [0.4, 0.5) is 0 Å². The molecule has 380 valence electrons. The van der Waals surface area contributed by atoms with E-state index in [1.807, 2.05) is 6.92 Å². The van der Waals surface area contributed by atoms with Crippen molar-refractivity contribution in [2.24, 2.45) is 50.2 Å². The van der Waals surface area contributed by atoms with Crippen molar-refractivity contribution in [1.29, 1.82) is 0 Å². The first-order valence-electron chi connectivity index (χ1n) is 24.1. The van der Waals surface area contributed by atoms with Crippen LogP contribution >= 0.6 is 0 Å². The van der Waals surface area contributed by atoms with E-state index in [4.69, 9.17) is 28.4 Å². The molecule has 3 saturated heterocycles. The Labute approximate surface area is 390 Å². The van der Waals surface area contributed by atoms with Gasteiger partial charge in [-0.1, -0.05) is 60.1 Å². The van der Waals surface area contributed by atoms with Gasteiger partial charge in [-0.05, 0) is 90.8 Å². The van der Waals surface area contributed by atoms with Crippen molar-refractivity contribution in [3.8, 4) is 0 Å². The summed E-state index contributed by atoms with van der Waals surface area (Å²) in [7, 11) is 0. The number of aliphatic hydroxyl groups excluding tert-OH is 9. The minimum Gasteiger partial charge on any atom is -0.479 e. The molecule has 3 aliphatic heterocycles. The van der Waals surface area contributed by atoms with Crippen molar-refractivity contribution in [3.05, 3.63) is 11.6 Å². The monoisotopic (exact) mass is 954 g/mol. The predicted octanol–water partition coefficient (Wildman–Crippen LogP) is 0.0918. The lowest BCUT2D eigenvalue weighted by Gasteiger charge is -2.71. The lowest BCUT2D eigenvalue weighted by molar-refractivity contribution is -0.396. The molecule has 0 aromatic heterocycles. The second kappa shape index (κ2) is 17.9. The Bertz CT molecular complexity index is 1910. The number of ether oxygens (including phenoxy) is 6. The van der Waals surface area contributed by atoms with E-state index in [9.17, 15) is 65.4 Å². The highest BCUT2D eigenvalue weighted by molar-refractivity contribution is 5.87. The van der Waals surface area contributed by atoms with Gasteiger partial charge in [0.2, 0.25) is 0 Å². The summed E-state index contributed by atoms with van der Waals surface area (Å²) in [5.41, 5.74) is -1.01. The number of aldehydes is 1. The number of aliphatic hydroxyl groups is 9. The van der Waals surface area contributed by atoms with Gasteiger partial charge < -0.3 is 84.3 Å². The van der Waals surface area contributed by atoms with Gasteiger partial charge in [0.15, 0.2) is 25.0 Å². The summed E-state index contributed by atoms with van der Waals surface area (Å²) in [5.74, 6) is -1.21. The van der Waals surface area contributed by atoms with Crippen LogP contribution in [-0.4, -0.2) is 181 Å². The van der Waals surface area contributed by atoms with E-state index >= 15 is 0 Å². The van der Waals surface area contributed by atoms with Crippen LogP contribution in [0.3, 0.4) is 0 Å². The van der Waals surface area contributed by atoms with Crippen molar-refractivity contribution in [1.82, 2.24) is 0 Å². The quantitative estimate of drug-likeness (QED) is 0.0788. The van der Waals surface area contributed by atoms with Crippen LogP contribution in [0.15, 0.2) is 11.6 Å². The molecular formula is C48H74O19. The van der Waals surface area contributed by atoms with Crippen LogP contribution in [0.5, 0.6) is 0 Å². The number of carbonyl (C=O) groups excluding carboxylic acids is 2. The number of carboxylic acid groups (broad SMARTS) is 1. The molecule has 0 radical (unpaired) electrons. The lowest BCUT2D eigenvalue weighted by atomic mass is 9.33. The number of hydrogen-bond acceptors (Lipinski definition) is 18. The molecule has 0 spiro atoms. The van der Waals surface area contributed by atoms with Crippen molar-refractivity contribution < 1.29 is 93.9 Å². The van der Waals surface area contributed by atoms with E-state index < -0.39 is 128 Å². The van der Waals surface area contributed by atoms with Crippen LogP contribution in [0.25, 0.3) is 0 Å². The zero-order valence-corrected chi connectivity index (χ0v) is 39.5. The standard InChI is InChI=1S/C48H74O19/c1-43(2)16-22-21-8-9-26-45(4)12-11-28(46(5,20-51)25(45)10-13-48(26,7)47(21,6)15-14-44(22,3)27(52)17-43)64-42-38(34(58)33(57)36(65-42)39(60)61)67-41-37(32(56)30(54)24(19-50)63-41)66-40-35(59)31(55)29(53)23(18-49)62-40/h8,20,22-26,28-38,40-42,49-50,53-59H,9-19H2,1-7H3,(H,60,61)/t22?,23?,24?,25?,26?,28-,29?,30?,31?,32?,33?,34?,35?,36?,37?,38?,40?,41?,42?,44+,45-,46+,47+,48+/m0/s1. The largest absolute Gasteiger partial charge is 0.479 e. The molecule has 19 nitrogen and oxygen atoms in total. The smallest absolute Gasteiger partial charge is 0.335 e. The molecule has 10 N–H and O–H groups in total. The normalized spacial score (nSPS) is 54.1. The first-order chi connectivity index (χ1) is 31.3. The third-order valence-corrected chi connectivity index (χ3v) is 19.1. The SMILES string of the molecule is CC1(C)CC(=O)[C@]2(C)CC[C@]3(C)C(=CCC4[C@@]5(C)CC[C@H](OC6OC(C(=O)O)C(O)C(O)C6OC6OC(CO)C(O)C(O)C6OC6OC(CO)C(O)C(O)C6O)[C@](C)(C=O)C5CC[C@]43C)C2C1. The van der Waals surface area contributed by atoms with Gasteiger partial charge in [-0.2, -0.15) is 0 Å². The van der Waals surface area contributed by atoms with E-state index in [-0.39, 0.29) is 39.4 Å². The summed E-state index contributed by atoms with van der Waals surface area (Å²) < 4.78 is 35.8. The molecule has 3 heterocycles. The number of fused-ring (bicyclic) bond motifs is 7. The molecule has 0 aromatic rings. The van der Waals surface area contributed by atoms with Crippen LogP contribution in [0.2, 0.25) is 0 Å². The Morgan fingerprint density at radius 3 is 1.90 bits per heavy atom. The summed E-state index contributed by atoms with van der Waals surface area (Å²) in [6, 6.07) is 0. The van der Waals surface area contributed by atoms with E-state index in [0.717, 1.165) is 38.4 Å². The second-order valence-corrected chi connectivity index (χ2v) is 23.2. The third-order valence-electron chi connectivity index (χ3n) is 19.1. The number of hydrogen-bond donors (Lipinski definition) is 10. The molecule has 0 bridgehead atoms. The van der Waals surface area contributed by atoms with Crippen molar-refractivity contribution >= 4 is 18.0 Å². The van der Waals surface area contributed by atoms with E-state index in [2.05, 4.69) is 47.6 Å². The topological polar surface area (TPSA) is 309 Å². The Balaban J connectivity index is 1.08. The Kier molecular flexibility index (Phi) is 13.7. The summed E-state index contributed by atoms with van der Waals surface area (Å²) in [6.07, 6.45) is -19.4. The number of carboxylic acids is 1. The van der Waals surface area contributed by atoms with Gasteiger partial charge >= 0.3 is 5.97 Å². The van der Waals surface area contributed by atoms with Gasteiger partial charge in [-0.25, -0.2) is 4.79 Å². The van der Waals surface area contributed by atoms with Gasteiger partial charge in [0.25, 0.3) is 0 Å². The predicted molar refractivity (Wildman–Crippen MR) is 230 cm³/mol. The van der Waals surface area contributed by atoms with Gasteiger partial charge in [0.1, 0.15) is 79.2 Å². The molecule has 4 saturated carbocycles. The third kappa shape index (κ3) is 7.93. The molecule has 24 atom stereocenters. The number of allylic oxidation sites excluding steroid dienone is 2. The van der Waals surface area contributed by atoms with Crippen molar-refractivity contribution in [3.63, 3.8) is 0 Å². The van der Waals surface area contributed by atoms with Crippen LogP contribution in [-0.2, 0) is 42.8 Å². The average Bonchev–Trinajstić information content (AvgIpc) is 3.27. The zero-order chi connectivity index (χ0) is 49.1. The highest BCUT2D eigenvalue weighted by atomic mass is 16.8. The minimum atomic E-state index is -2.12. The first-order valence-corrected chi connectivity index (χ1v) is 24.1. The number of ketones is 1. The summed E-state index contributed by atoms with van der Waals surface area (Å²) in [4.78, 5) is 40.0. The number of rotatable bonds is 10. The maximum Gasteiger partial charge on any atom is 0.335 e. The highest BCUT2D eigenvalue weighted by Crippen LogP contribution is 2.75. The van der Waals surface area contributed by atoms with Gasteiger partial charge in [-0.15, -0.1) is 0 Å². The molecular weight excluding hydrogens is 881 g/mol. The average molecular weight is 955 g/mol. The highest BCUT2D eigenvalue weighted by Gasteiger charge is 2.70. The maximum atomic E-state index is 13.8. The lowest BCUT2D eigenvalue weighted by Crippen LogP contribution is -2.68. The molecule has 18 unspecified atom stereocenters. The fourth-order valence-electron chi connectivity index (χ4n) is 14.8. The zero-order valence-electron chi connectivity index (χ0n) is 39.5. The van der Waals surface area contributed by atoms with Crippen LogP contribution < -0.4 is 0 Å². The summed E-state index contributed by atoms with van der Waals surface area (Å²) >= 11 is 0. The van der Waals surface area contributed by atoms with Crippen molar-refractivity contribution in [2.75, 3.05) is 13.2 Å². The molecule has 7 fully saturated rings. The minimum absolute atomic E-state index is 0.102. The van der Waals surface area contributed by atoms with Gasteiger partial charge in [0, 0.05) is 11.8 Å². The Hall–Kier alpha value is -2.05. The van der Waals surface area contributed by atoms with Crippen molar-refractivity contribution in [2.45, 2.75) is 204 Å². The molecule has 8 rings (SSSR count). The molecule has 0 amide bonds. The molecule has 67 heavy (non-hydrogen) atoms. The molecule has 8 aliphatic rings. The van der Waals surface area contributed by atoms with Gasteiger partial charge in [-0.3, -0.25) is 4.79 Å². The molecule has 0 aromatic carbocycles. The fraction of sp³-hybridized carbons (Fsp3) is 0.896. The Morgan fingerprint density at radius 1 is 0.701 bits per heavy atom. The van der Waals surface area contributed by atoms with E-state index in [0.29, 0.717) is 31.5 Å². The van der Waals surface area contributed by atoms with Gasteiger partial charge in [0.05, 0.1) is 24.7 Å². The van der Waals surface area contributed by atoms with Crippen LogP contribution in [0, 0.1) is 50.2 Å². The second-order valence-electron chi connectivity index (χ2n) is 23.2. The number of aliphatic carboxylic acids is 1.